The van der Waals surface area contributed by atoms with Crippen molar-refractivity contribution >= 4 is 0 Å². The number of nitrogens with zero attached hydrogens (tertiary/aromatic N) is 1. The number of nitrogens with one attached hydrogen (secondary N) is 1. The number of hydrogen-bond donors (Lipinski definition) is 2. The first-order valence-corrected chi connectivity index (χ1v) is 7.88. The molecule has 0 amide bonds. The first kappa shape index (κ1) is 15.9. The quantitative estimate of drug-likeness (QED) is 0.699. The lowest BCUT2D eigenvalue weighted by atomic mass is 10.1. The van der Waals surface area contributed by atoms with E-state index in [1.54, 1.807) is 31.5 Å². The number of methoxy groups -OCH3 is 1. The molecule has 0 fully saturated rings. The van der Waals surface area contributed by atoms with Crippen LogP contribution in [0.3, 0.4) is 0 Å². The van der Waals surface area contributed by atoms with Crippen LogP contribution >= 0.6 is 0 Å². The van der Waals surface area contributed by atoms with Crippen LogP contribution in [0.25, 0.3) is 11.3 Å². The smallest absolute Gasteiger partial charge is 0.173 e. The third kappa shape index (κ3) is 3.35. The molecule has 0 aliphatic carbocycles. The van der Waals surface area contributed by atoms with Crippen molar-refractivity contribution in [2.45, 2.75) is 19.8 Å². The van der Waals surface area contributed by atoms with Crippen LogP contribution in [0.2, 0.25) is 0 Å². The van der Waals surface area contributed by atoms with Gasteiger partial charge in [0.25, 0.3) is 0 Å². The van der Waals surface area contributed by atoms with Crippen molar-refractivity contribution in [2.24, 2.45) is 0 Å². The van der Waals surface area contributed by atoms with E-state index < -0.39 is 0 Å². The highest BCUT2D eigenvalue weighted by Crippen LogP contribution is 2.37. The summed E-state index contributed by atoms with van der Waals surface area (Å²) in [5.41, 5.74) is 2.50. The van der Waals surface area contributed by atoms with E-state index in [0.29, 0.717) is 22.8 Å². The Morgan fingerprint density at radius 2 is 1.83 bits per heavy atom. The maximum Gasteiger partial charge on any atom is 0.173 e. The molecular weight excluding hydrogens is 304 g/mol. The minimum absolute atomic E-state index is 0.0988. The molecule has 1 aromatic heterocycles. The van der Waals surface area contributed by atoms with Crippen molar-refractivity contribution in [1.82, 2.24) is 10.2 Å². The number of aryl methyl sites for hydroxylation is 1. The molecule has 0 unspecified atom stereocenters. The molecule has 3 rings (SSSR count). The zero-order chi connectivity index (χ0) is 16.9. The Labute approximate surface area is 140 Å². The first-order valence-electron chi connectivity index (χ1n) is 7.88. The molecule has 0 bridgehead atoms. The van der Waals surface area contributed by atoms with E-state index in [1.807, 2.05) is 12.1 Å². The van der Waals surface area contributed by atoms with Crippen LogP contribution in [0.4, 0.5) is 0 Å². The molecule has 124 valence electrons. The molecule has 0 saturated heterocycles. The molecular formula is C19H20N2O3. The summed E-state index contributed by atoms with van der Waals surface area (Å²) in [4.78, 5) is 0. The van der Waals surface area contributed by atoms with Gasteiger partial charge in [-0.3, -0.25) is 5.10 Å². The van der Waals surface area contributed by atoms with Crippen LogP contribution in [-0.2, 0) is 6.42 Å². The fourth-order valence-electron chi connectivity index (χ4n) is 2.54. The second-order valence-corrected chi connectivity index (χ2v) is 5.49. The fourth-order valence-corrected chi connectivity index (χ4v) is 2.54. The van der Waals surface area contributed by atoms with Crippen molar-refractivity contribution in [2.75, 3.05) is 7.11 Å². The van der Waals surface area contributed by atoms with Crippen LogP contribution in [0.5, 0.6) is 23.0 Å². The molecule has 1 heterocycles. The Bertz CT molecular complexity index is 810. The van der Waals surface area contributed by atoms with Crippen LogP contribution in [-0.4, -0.2) is 22.4 Å². The summed E-state index contributed by atoms with van der Waals surface area (Å²) < 4.78 is 11.0. The van der Waals surface area contributed by atoms with Gasteiger partial charge >= 0.3 is 0 Å². The van der Waals surface area contributed by atoms with Crippen LogP contribution in [0, 0.1) is 0 Å². The van der Waals surface area contributed by atoms with Gasteiger partial charge in [-0.05, 0) is 36.2 Å². The van der Waals surface area contributed by atoms with E-state index in [-0.39, 0.29) is 5.75 Å². The first-order chi connectivity index (χ1) is 11.7. The Morgan fingerprint density at radius 1 is 1.08 bits per heavy atom. The molecule has 0 aliphatic heterocycles. The number of aromatic amines is 1. The minimum atomic E-state index is 0.0988. The standard InChI is InChI=1S/C19H20N2O3/c1-3-4-13-5-7-14(8-6-13)24-18-12-20-21-19(18)16-10-9-15(23-2)11-17(16)22/h5-12,22H,3-4H2,1-2H3,(H,20,21). The Morgan fingerprint density at radius 3 is 2.50 bits per heavy atom. The molecule has 5 heteroatoms. The van der Waals surface area contributed by atoms with Gasteiger partial charge in [-0.1, -0.05) is 25.5 Å². The van der Waals surface area contributed by atoms with Gasteiger partial charge in [0.15, 0.2) is 5.75 Å². The van der Waals surface area contributed by atoms with Gasteiger partial charge in [-0.2, -0.15) is 5.10 Å². The molecule has 24 heavy (non-hydrogen) atoms. The zero-order valence-corrected chi connectivity index (χ0v) is 13.7. The lowest BCUT2D eigenvalue weighted by Gasteiger charge is -2.09. The molecule has 5 nitrogen and oxygen atoms in total. The number of aromatic hydroxyl groups is 1. The number of rotatable bonds is 6. The molecule has 2 N–H and O–H groups in total. The van der Waals surface area contributed by atoms with Gasteiger partial charge in [0.2, 0.25) is 0 Å². The zero-order valence-electron chi connectivity index (χ0n) is 13.7. The minimum Gasteiger partial charge on any atom is -0.507 e. The third-order valence-electron chi connectivity index (χ3n) is 3.77. The number of H-pyrrole nitrogens is 1. The van der Waals surface area contributed by atoms with E-state index in [4.69, 9.17) is 9.47 Å². The highest BCUT2D eigenvalue weighted by Gasteiger charge is 2.14. The monoisotopic (exact) mass is 324 g/mol. The van der Waals surface area contributed by atoms with Crippen LogP contribution < -0.4 is 9.47 Å². The molecule has 2 aromatic carbocycles. The molecule has 0 spiro atoms. The Kier molecular flexibility index (Phi) is 4.70. The molecule has 0 aliphatic rings. The van der Waals surface area contributed by atoms with Crippen molar-refractivity contribution in [3.8, 4) is 34.3 Å². The summed E-state index contributed by atoms with van der Waals surface area (Å²) in [5, 5.41) is 17.1. The number of phenols is 1. The topological polar surface area (TPSA) is 67.4 Å². The average molecular weight is 324 g/mol. The van der Waals surface area contributed by atoms with E-state index >= 15 is 0 Å². The number of phenolic OH excluding ortho intramolecular Hbond substituents is 1. The summed E-state index contributed by atoms with van der Waals surface area (Å²) in [5.74, 6) is 1.97. The van der Waals surface area contributed by atoms with Crippen LogP contribution in [0.15, 0.2) is 48.7 Å². The SMILES string of the molecule is CCCc1ccc(Oc2cn[nH]c2-c2ccc(OC)cc2O)cc1. The molecule has 0 radical (unpaired) electrons. The normalized spacial score (nSPS) is 10.6. The van der Waals surface area contributed by atoms with Gasteiger partial charge < -0.3 is 14.6 Å². The average Bonchev–Trinajstić information content (AvgIpc) is 3.04. The summed E-state index contributed by atoms with van der Waals surface area (Å²) in [6.07, 6.45) is 3.76. The van der Waals surface area contributed by atoms with E-state index in [2.05, 4.69) is 29.3 Å². The van der Waals surface area contributed by atoms with Gasteiger partial charge in [-0.25, -0.2) is 0 Å². The second-order valence-electron chi connectivity index (χ2n) is 5.49. The van der Waals surface area contributed by atoms with Crippen molar-refractivity contribution in [3.05, 3.63) is 54.2 Å². The van der Waals surface area contributed by atoms with Crippen LogP contribution in [0.1, 0.15) is 18.9 Å². The lowest BCUT2D eigenvalue weighted by molar-refractivity contribution is 0.408. The van der Waals surface area contributed by atoms with Crippen molar-refractivity contribution in [1.29, 1.82) is 0 Å². The summed E-state index contributed by atoms with van der Waals surface area (Å²) >= 11 is 0. The van der Waals surface area contributed by atoms with Gasteiger partial charge in [0, 0.05) is 11.6 Å². The number of ether oxygens (including phenoxy) is 2. The maximum absolute atomic E-state index is 10.2. The summed E-state index contributed by atoms with van der Waals surface area (Å²) in [6, 6.07) is 13.1. The number of aromatic nitrogens is 2. The van der Waals surface area contributed by atoms with Gasteiger partial charge in [0.05, 0.1) is 13.3 Å². The maximum atomic E-state index is 10.2. The summed E-state index contributed by atoms with van der Waals surface area (Å²) in [7, 11) is 1.56. The van der Waals surface area contributed by atoms with Crippen molar-refractivity contribution < 1.29 is 14.6 Å². The molecule has 3 aromatic rings. The van der Waals surface area contributed by atoms with E-state index in [1.165, 1.54) is 5.56 Å². The van der Waals surface area contributed by atoms with Crippen molar-refractivity contribution in [3.63, 3.8) is 0 Å². The number of hydrogen-bond acceptors (Lipinski definition) is 4. The molecule has 0 atom stereocenters. The van der Waals surface area contributed by atoms with Gasteiger partial charge in [-0.15, -0.1) is 0 Å². The van der Waals surface area contributed by atoms with E-state index in [0.717, 1.165) is 18.6 Å². The predicted octanol–water partition coefficient (Wildman–Crippen LogP) is 4.54. The largest absolute Gasteiger partial charge is 0.507 e. The highest BCUT2D eigenvalue weighted by molar-refractivity contribution is 5.73. The second kappa shape index (κ2) is 7.08. The fraction of sp³-hybridized carbons (Fsp3) is 0.211. The number of benzene rings is 2. The molecule has 0 saturated carbocycles. The highest BCUT2D eigenvalue weighted by atomic mass is 16.5. The van der Waals surface area contributed by atoms with E-state index in [9.17, 15) is 5.11 Å². The Hall–Kier alpha value is -2.95. The third-order valence-corrected chi connectivity index (χ3v) is 3.77. The summed E-state index contributed by atoms with van der Waals surface area (Å²) in [6.45, 7) is 2.16. The van der Waals surface area contributed by atoms with Gasteiger partial charge in [0.1, 0.15) is 22.9 Å². The Balaban J connectivity index is 1.85. The predicted molar refractivity (Wildman–Crippen MR) is 92.8 cm³/mol. The lowest BCUT2D eigenvalue weighted by Crippen LogP contribution is -1.89.